The van der Waals surface area contributed by atoms with Gasteiger partial charge in [0, 0.05) is 5.92 Å². The molecule has 0 amide bonds. The van der Waals surface area contributed by atoms with Crippen LogP contribution in [-0.2, 0) is 4.74 Å². The predicted octanol–water partition coefficient (Wildman–Crippen LogP) is 3.28. The normalized spacial score (nSPS) is 26.8. The summed E-state index contributed by atoms with van der Waals surface area (Å²) >= 11 is 0. The molecule has 1 aromatic rings. The van der Waals surface area contributed by atoms with Gasteiger partial charge in [-0.1, -0.05) is 25.1 Å². The number of benzene rings is 1. The lowest BCUT2D eigenvalue weighted by molar-refractivity contribution is -0.116. The van der Waals surface area contributed by atoms with Gasteiger partial charge in [-0.2, -0.15) is 0 Å². The molecule has 2 rings (SSSR count). The molecule has 4 heteroatoms. The second-order valence-corrected chi connectivity index (χ2v) is 4.41. The van der Waals surface area contributed by atoms with Gasteiger partial charge in [-0.25, -0.2) is 13.6 Å². The summed E-state index contributed by atoms with van der Waals surface area (Å²) in [5.74, 6) is -4.31. The molecule has 0 bridgehead atoms. The van der Waals surface area contributed by atoms with Crippen LogP contribution in [0.1, 0.15) is 30.1 Å². The van der Waals surface area contributed by atoms with Gasteiger partial charge in [-0.05, 0) is 25.0 Å². The Morgan fingerprint density at radius 3 is 2.47 bits per heavy atom. The number of hydrogen-bond acceptors (Lipinski definition) is 2. The monoisotopic (exact) mass is 240 g/mol. The number of ether oxygens (including phenoxy) is 1. The Balaban J connectivity index is 2.06. The Bertz CT molecular complexity index is 403. The lowest BCUT2D eigenvalue weighted by atomic mass is 10.1. The highest BCUT2D eigenvalue weighted by Crippen LogP contribution is 2.42. The van der Waals surface area contributed by atoms with E-state index in [1.165, 1.54) is 6.92 Å². The molecule has 92 valence electrons. The summed E-state index contributed by atoms with van der Waals surface area (Å²) in [6, 6.07) is 8.21. The molecule has 0 N–H and O–H groups in total. The van der Waals surface area contributed by atoms with Crippen molar-refractivity contribution < 1.29 is 18.3 Å². The molecule has 2 atom stereocenters. The molecule has 1 fully saturated rings. The van der Waals surface area contributed by atoms with E-state index in [1.54, 1.807) is 30.3 Å². The molecule has 0 heterocycles. The van der Waals surface area contributed by atoms with Gasteiger partial charge in [0.25, 0.3) is 5.92 Å². The van der Waals surface area contributed by atoms with Crippen molar-refractivity contribution in [2.24, 2.45) is 5.92 Å². The molecule has 0 aromatic heterocycles. The summed E-state index contributed by atoms with van der Waals surface area (Å²) in [6.07, 6.45) is -0.669. The van der Waals surface area contributed by atoms with Crippen molar-refractivity contribution in [1.82, 2.24) is 0 Å². The van der Waals surface area contributed by atoms with Crippen molar-refractivity contribution >= 4 is 5.97 Å². The molecule has 0 spiro atoms. The van der Waals surface area contributed by atoms with Gasteiger partial charge in [-0.15, -0.1) is 0 Å². The number of hydrogen-bond donors (Lipinski definition) is 0. The zero-order chi connectivity index (χ0) is 12.5. The zero-order valence-electron chi connectivity index (χ0n) is 9.53. The smallest absolute Gasteiger partial charge is 0.338 e. The van der Waals surface area contributed by atoms with Gasteiger partial charge in [0.1, 0.15) is 0 Å². The van der Waals surface area contributed by atoms with Crippen molar-refractivity contribution in [3.05, 3.63) is 35.9 Å². The molecule has 0 aliphatic heterocycles. The summed E-state index contributed by atoms with van der Waals surface area (Å²) < 4.78 is 32.1. The highest BCUT2D eigenvalue weighted by Gasteiger charge is 2.52. The van der Waals surface area contributed by atoms with Crippen LogP contribution in [0.2, 0.25) is 0 Å². The van der Waals surface area contributed by atoms with E-state index >= 15 is 0 Å². The SMILES string of the molecule is C[C@H]1CC[C@@H](OC(=O)c2ccccc2)C1(F)F. The molecule has 2 nitrogen and oxygen atoms in total. The van der Waals surface area contributed by atoms with Crippen LogP contribution in [0.15, 0.2) is 30.3 Å². The maximum Gasteiger partial charge on any atom is 0.338 e. The molecule has 1 aliphatic rings. The predicted molar refractivity (Wildman–Crippen MR) is 59.0 cm³/mol. The lowest BCUT2D eigenvalue weighted by Crippen LogP contribution is -2.36. The van der Waals surface area contributed by atoms with Crippen LogP contribution in [0.3, 0.4) is 0 Å². The standard InChI is InChI=1S/C13H14F2O2/c1-9-7-8-11(13(9,14)15)17-12(16)10-5-3-2-4-6-10/h2-6,9,11H,7-8H2,1H3/t9-,11+/m0/s1. The Morgan fingerprint density at radius 2 is 1.94 bits per heavy atom. The number of carbonyl (C=O) groups is 1. The summed E-state index contributed by atoms with van der Waals surface area (Å²) in [4.78, 5) is 11.6. The number of alkyl halides is 2. The first-order valence-corrected chi connectivity index (χ1v) is 5.65. The molecule has 0 unspecified atom stereocenters. The third kappa shape index (κ3) is 2.30. The third-order valence-corrected chi connectivity index (χ3v) is 3.21. The van der Waals surface area contributed by atoms with E-state index in [4.69, 9.17) is 4.74 Å². The molecule has 1 aromatic carbocycles. The summed E-state index contributed by atoms with van der Waals surface area (Å²) in [5, 5.41) is 0. The van der Waals surface area contributed by atoms with Crippen LogP contribution in [0.4, 0.5) is 8.78 Å². The molecule has 17 heavy (non-hydrogen) atoms. The van der Waals surface area contributed by atoms with Gasteiger partial charge in [-0.3, -0.25) is 0 Å². The van der Waals surface area contributed by atoms with Gasteiger partial charge in [0.05, 0.1) is 5.56 Å². The number of halogens is 2. The molecule has 0 radical (unpaired) electrons. The van der Waals surface area contributed by atoms with E-state index in [1.807, 2.05) is 0 Å². The number of carbonyl (C=O) groups excluding carboxylic acids is 1. The van der Waals surface area contributed by atoms with Crippen LogP contribution in [0.5, 0.6) is 0 Å². The van der Waals surface area contributed by atoms with E-state index in [0.29, 0.717) is 12.0 Å². The van der Waals surface area contributed by atoms with E-state index in [2.05, 4.69) is 0 Å². The quantitative estimate of drug-likeness (QED) is 0.741. The van der Waals surface area contributed by atoms with Crippen molar-refractivity contribution in [1.29, 1.82) is 0 Å². The Kier molecular flexibility index (Phi) is 3.13. The fourth-order valence-corrected chi connectivity index (χ4v) is 2.01. The minimum absolute atomic E-state index is 0.229. The van der Waals surface area contributed by atoms with Gasteiger partial charge < -0.3 is 4.74 Å². The second kappa shape index (κ2) is 4.43. The highest BCUT2D eigenvalue weighted by molar-refractivity contribution is 5.89. The minimum Gasteiger partial charge on any atom is -0.452 e. The Labute approximate surface area is 98.6 Å². The Hall–Kier alpha value is -1.45. The summed E-state index contributed by atoms with van der Waals surface area (Å²) in [5.41, 5.74) is 0.308. The summed E-state index contributed by atoms with van der Waals surface area (Å²) in [7, 11) is 0. The molecular weight excluding hydrogens is 226 g/mol. The maximum atomic E-state index is 13.6. The highest BCUT2D eigenvalue weighted by atomic mass is 19.3. The molecule has 1 saturated carbocycles. The molecule has 0 saturated heterocycles. The van der Waals surface area contributed by atoms with Crippen molar-refractivity contribution in [2.75, 3.05) is 0 Å². The number of rotatable bonds is 2. The van der Waals surface area contributed by atoms with Crippen LogP contribution in [-0.4, -0.2) is 18.0 Å². The first-order chi connectivity index (χ1) is 8.01. The lowest BCUT2D eigenvalue weighted by Gasteiger charge is -2.22. The van der Waals surface area contributed by atoms with Crippen LogP contribution >= 0.6 is 0 Å². The molecule has 1 aliphatic carbocycles. The fraction of sp³-hybridized carbons (Fsp3) is 0.462. The van der Waals surface area contributed by atoms with Crippen LogP contribution in [0, 0.1) is 5.92 Å². The van der Waals surface area contributed by atoms with Crippen molar-refractivity contribution in [3.8, 4) is 0 Å². The maximum absolute atomic E-state index is 13.6. The van der Waals surface area contributed by atoms with E-state index < -0.39 is 23.9 Å². The topological polar surface area (TPSA) is 26.3 Å². The largest absolute Gasteiger partial charge is 0.452 e. The van der Waals surface area contributed by atoms with Crippen molar-refractivity contribution in [3.63, 3.8) is 0 Å². The first kappa shape index (κ1) is 12.0. The minimum atomic E-state index is -2.91. The average Bonchev–Trinajstić information content (AvgIpc) is 2.57. The van der Waals surface area contributed by atoms with Gasteiger partial charge >= 0.3 is 5.97 Å². The average molecular weight is 240 g/mol. The van der Waals surface area contributed by atoms with E-state index in [9.17, 15) is 13.6 Å². The van der Waals surface area contributed by atoms with E-state index in [0.717, 1.165) is 0 Å². The summed E-state index contributed by atoms with van der Waals surface area (Å²) in [6.45, 7) is 1.48. The first-order valence-electron chi connectivity index (χ1n) is 5.65. The second-order valence-electron chi connectivity index (χ2n) is 4.41. The zero-order valence-corrected chi connectivity index (χ0v) is 9.53. The van der Waals surface area contributed by atoms with Gasteiger partial charge in [0.15, 0.2) is 6.10 Å². The van der Waals surface area contributed by atoms with Gasteiger partial charge in [0.2, 0.25) is 0 Å². The van der Waals surface area contributed by atoms with Crippen LogP contribution < -0.4 is 0 Å². The van der Waals surface area contributed by atoms with Crippen LogP contribution in [0.25, 0.3) is 0 Å². The third-order valence-electron chi connectivity index (χ3n) is 3.21. The van der Waals surface area contributed by atoms with Crippen molar-refractivity contribution in [2.45, 2.75) is 31.8 Å². The molecular formula is C13H14F2O2. The number of esters is 1. The fourth-order valence-electron chi connectivity index (χ4n) is 2.01. The van der Waals surface area contributed by atoms with E-state index in [-0.39, 0.29) is 6.42 Å². The Morgan fingerprint density at radius 1 is 1.29 bits per heavy atom.